The molecule has 18 heavy (non-hydrogen) atoms. The monoisotopic (exact) mass is 267 g/mol. The van der Waals surface area contributed by atoms with E-state index in [2.05, 4.69) is 22.0 Å². The molecule has 3 atom stereocenters. The van der Waals surface area contributed by atoms with E-state index >= 15 is 0 Å². The third kappa shape index (κ3) is 2.50. The summed E-state index contributed by atoms with van der Waals surface area (Å²) in [5, 5.41) is 4.67. The molecule has 3 aliphatic rings. The van der Waals surface area contributed by atoms with Crippen molar-refractivity contribution in [2.45, 2.75) is 38.6 Å². The Balaban J connectivity index is 1.47. The Morgan fingerprint density at radius 2 is 1.94 bits per heavy atom. The second-order valence-electron chi connectivity index (χ2n) is 6.15. The van der Waals surface area contributed by atoms with E-state index in [9.17, 15) is 0 Å². The molecule has 2 bridgehead atoms. The molecule has 1 saturated heterocycles. The number of nitrogens with one attached hydrogen (secondary N) is 1. The van der Waals surface area contributed by atoms with Crippen molar-refractivity contribution in [1.82, 2.24) is 15.1 Å². The highest BCUT2D eigenvalue weighted by Gasteiger charge is 2.40. The minimum atomic E-state index is 0.681. The van der Waals surface area contributed by atoms with E-state index in [0.29, 0.717) is 6.04 Å². The smallest absolute Gasteiger partial charge is 0.169 e. The quantitative estimate of drug-likeness (QED) is 0.767. The lowest BCUT2D eigenvalue weighted by atomic mass is 9.95. The van der Waals surface area contributed by atoms with Gasteiger partial charge in [-0.1, -0.05) is 13.3 Å². The fraction of sp³-hybridized carbons (Fsp3) is 0.929. The number of likely N-dealkylation sites (N-methyl/N-ethyl adjacent to an activating group) is 1. The predicted octanol–water partition coefficient (Wildman–Crippen LogP) is 1.69. The van der Waals surface area contributed by atoms with Crippen LogP contribution in [0.15, 0.2) is 0 Å². The van der Waals surface area contributed by atoms with Crippen molar-refractivity contribution in [3.63, 3.8) is 0 Å². The van der Waals surface area contributed by atoms with Crippen LogP contribution in [-0.4, -0.2) is 53.7 Å². The molecule has 2 aliphatic carbocycles. The predicted molar refractivity (Wildman–Crippen MR) is 78.7 cm³/mol. The van der Waals surface area contributed by atoms with Gasteiger partial charge in [-0.25, -0.2) is 0 Å². The molecule has 0 amide bonds. The van der Waals surface area contributed by atoms with Crippen LogP contribution in [0.5, 0.6) is 0 Å². The van der Waals surface area contributed by atoms with Gasteiger partial charge in [0.2, 0.25) is 0 Å². The highest BCUT2D eigenvalue weighted by Crippen LogP contribution is 2.44. The highest BCUT2D eigenvalue weighted by molar-refractivity contribution is 7.80. The summed E-state index contributed by atoms with van der Waals surface area (Å²) < 4.78 is 0. The molecule has 0 unspecified atom stereocenters. The van der Waals surface area contributed by atoms with Gasteiger partial charge in [0.15, 0.2) is 5.11 Å². The van der Waals surface area contributed by atoms with Crippen molar-refractivity contribution < 1.29 is 0 Å². The van der Waals surface area contributed by atoms with Crippen LogP contribution in [-0.2, 0) is 0 Å². The summed E-state index contributed by atoms with van der Waals surface area (Å²) in [4.78, 5) is 4.87. The van der Waals surface area contributed by atoms with E-state index in [1.165, 1.54) is 32.2 Å². The zero-order valence-corrected chi connectivity index (χ0v) is 12.2. The molecule has 4 heteroatoms. The van der Waals surface area contributed by atoms with Gasteiger partial charge in [-0.3, -0.25) is 0 Å². The van der Waals surface area contributed by atoms with E-state index < -0.39 is 0 Å². The van der Waals surface area contributed by atoms with Crippen molar-refractivity contribution in [1.29, 1.82) is 0 Å². The molecule has 3 nitrogen and oxygen atoms in total. The van der Waals surface area contributed by atoms with E-state index in [1.807, 2.05) is 0 Å². The Kier molecular flexibility index (Phi) is 3.76. The lowest BCUT2D eigenvalue weighted by molar-refractivity contribution is 0.187. The minimum absolute atomic E-state index is 0.681. The van der Waals surface area contributed by atoms with E-state index in [4.69, 9.17) is 12.2 Å². The maximum Gasteiger partial charge on any atom is 0.169 e. The molecule has 102 valence electrons. The molecular weight excluding hydrogens is 242 g/mol. The fourth-order valence-corrected chi connectivity index (χ4v) is 4.27. The van der Waals surface area contributed by atoms with Crippen molar-refractivity contribution in [2.75, 3.05) is 32.7 Å². The van der Waals surface area contributed by atoms with Crippen LogP contribution in [0, 0.1) is 11.8 Å². The summed E-state index contributed by atoms with van der Waals surface area (Å²) in [7, 11) is 0. The number of rotatable bonds is 2. The molecule has 1 N–H and O–H groups in total. The lowest BCUT2D eigenvalue weighted by Gasteiger charge is -2.37. The summed E-state index contributed by atoms with van der Waals surface area (Å²) in [5.74, 6) is 1.90. The molecule has 3 fully saturated rings. The summed E-state index contributed by atoms with van der Waals surface area (Å²) in [6.07, 6.45) is 5.70. The third-order valence-corrected chi connectivity index (χ3v) is 5.53. The standard InChI is InChI=1S/C14H25N3S/c1-2-16-5-7-17(8-6-16)14(18)15-13-10-11-3-4-12(13)9-11/h11-13H,2-10H2,1H3,(H,15,18)/t11-,12-,13+/m0/s1. The second-order valence-corrected chi connectivity index (χ2v) is 6.54. The van der Waals surface area contributed by atoms with Crippen LogP contribution in [0.2, 0.25) is 0 Å². The van der Waals surface area contributed by atoms with E-state index in [-0.39, 0.29) is 0 Å². The topological polar surface area (TPSA) is 18.5 Å². The van der Waals surface area contributed by atoms with E-state index in [0.717, 1.165) is 43.1 Å². The number of piperazine rings is 1. The Labute approximate surface area is 116 Å². The van der Waals surface area contributed by atoms with Gasteiger partial charge in [0.05, 0.1) is 0 Å². The zero-order chi connectivity index (χ0) is 12.5. The normalized spacial score (nSPS) is 36.1. The van der Waals surface area contributed by atoms with Gasteiger partial charge in [-0.05, 0) is 49.9 Å². The molecule has 1 aliphatic heterocycles. The molecule has 0 aromatic carbocycles. The first kappa shape index (κ1) is 12.7. The number of fused-ring (bicyclic) bond motifs is 2. The molecule has 0 radical (unpaired) electrons. The third-order valence-electron chi connectivity index (χ3n) is 5.15. The van der Waals surface area contributed by atoms with Gasteiger partial charge in [0.1, 0.15) is 0 Å². The largest absolute Gasteiger partial charge is 0.360 e. The molecule has 0 aromatic heterocycles. The summed E-state index contributed by atoms with van der Waals surface area (Å²) in [5.41, 5.74) is 0. The fourth-order valence-electron chi connectivity index (χ4n) is 3.94. The molecule has 2 saturated carbocycles. The molecule has 0 aromatic rings. The van der Waals surface area contributed by atoms with Gasteiger partial charge >= 0.3 is 0 Å². The van der Waals surface area contributed by atoms with Crippen molar-refractivity contribution in [3.8, 4) is 0 Å². The van der Waals surface area contributed by atoms with Gasteiger partial charge < -0.3 is 15.1 Å². The average Bonchev–Trinajstić information content (AvgIpc) is 3.01. The number of thiocarbonyl (C=S) groups is 1. The SMILES string of the molecule is CCN1CCN(C(=S)N[C@@H]2C[C@H]3CC[C@H]2C3)CC1. The Hall–Kier alpha value is -0.350. The number of hydrogen-bond donors (Lipinski definition) is 1. The van der Waals surface area contributed by atoms with Crippen LogP contribution >= 0.6 is 12.2 Å². The first-order valence-corrected chi connectivity index (χ1v) is 7.95. The molecular formula is C14H25N3S. The van der Waals surface area contributed by atoms with E-state index in [1.54, 1.807) is 0 Å². The van der Waals surface area contributed by atoms with Crippen LogP contribution < -0.4 is 5.32 Å². The number of hydrogen-bond acceptors (Lipinski definition) is 2. The van der Waals surface area contributed by atoms with Crippen LogP contribution in [0.25, 0.3) is 0 Å². The summed E-state index contributed by atoms with van der Waals surface area (Å²) in [6.45, 7) is 7.92. The van der Waals surface area contributed by atoms with Crippen molar-refractivity contribution >= 4 is 17.3 Å². The Bertz CT molecular complexity index is 312. The Morgan fingerprint density at radius 3 is 2.50 bits per heavy atom. The summed E-state index contributed by atoms with van der Waals surface area (Å²) in [6, 6.07) is 0.681. The second kappa shape index (κ2) is 5.33. The van der Waals surface area contributed by atoms with Gasteiger partial charge in [0.25, 0.3) is 0 Å². The average molecular weight is 267 g/mol. The lowest BCUT2D eigenvalue weighted by Crippen LogP contribution is -2.53. The van der Waals surface area contributed by atoms with Crippen LogP contribution in [0.4, 0.5) is 0 Å². The molecule has 1 heterocycles. The Morgan fingerprint density at radius 1 is 1.17 bits per heavy atom. The van der Waals surface area contributed by atoms with Gasteiger partial charge in [-0.2, -0.15) is 0 Å². The van der Waals surface area contributed by atoms with Crippen molar-refractivity contribution in [3.05, 3.63) is 0 Å². The maximum absolute atomic E-state index is 5.60. The molecule has 3 rings (SSSR count). The van der Waals surface area contributed by atoms with Crippen LogP contribution in [0.1, 0.15) is 32.6 Å². The first-order chi connectivity index (χ1) is 8.76. The molecule has 0 spiro atoms. The zero-order valence-electron chi connectivity index (χ0n) is 11.4. The van der Waals surface area contributed by atoms with Gasteiger partial charge in [-0.15, -0.1) is 0 Å². The van der Waals surface area contributed by atoms with Gasteiger partial charge in [0, 0.05) is 32.2 Å². The van der Waals surface area contributed by atoms with Crippen LogP contribution in [0.3, 0.4) is 0 Å². The maximum atomic E-state index is 5.60. The van der Waals surface area contributed by atoms with Crippen molar-refractivity contribution in [2.24, 2.45) is 11.8 Å². The first-order valence-electron chi connectivity index (χ1n) is 7.54. The summed E-state index contributed by atoms with van der Waals surface area (Å²) >= 11 is 5.60. The highest BCUT2D eigenvalue weighted by atomic mass is 32.1. The minimum Gasteiger partial charge on any atom is -0.360 e. The number of nitrogens with zero attached hydrogens (tertiary/aromatic N) is 2.